The van der Waals surface area contributed by atoms with Crippen LogP contribution in [0.1, 0.15) is 58.4 Å². The number of aromatic nitrogens is 1. The van der Waals surface area contributed by atoms with Crippen LogP contribution in [-0.4, -0.2) is 48.8 Å². The number of carbonyl (C=O) groups is 1. The summed E-state index contributed by atoms with van der Waals surface area (Å²) in [5, 5.41) is 4.49. The van der Waals surface area contributed by atoms with Gasteiger partial charge in [0.2, 0.25) is 11.8 Å². The summed E-state index contributed by atoms with van der Waals surface area (Å²) in [6.07, 6.45) is 4.87. The van der Waals surface area contributed by atoms with E-state index in [-0.39, 0.29) is 5.91 Å². The van der Waals surface area contributed by atoms with E-state index in [1.54, 1.807) is 7.11 Å². The number of ether oxygens (including phenoxy) is 1. The van der Waals surface area contributed by atoms with E-state index in [4.69, 9.17) is 9.26 Å². The fourth-order valence-corrected chi connectivity index (χ4v) is 4.25. The van der Waals surface area contributed by atoms with Crippen LogP contribution in [0.2, 0.25) is 0 Å². The van der Waals surface area contributed by atoms with Crippen LogP contribution in [-0.2, 0) is 16.1 Å². The zero-order valence-corrected chi connectivity index (χ0v) is 19.5. The van der Waals surface area contributed by atoms with Crippen molar-refractivity contribution in [2.45, 2.75) is 65.5 Å². The zero-order chi connectivity index (χ0) is 22.2. The molecule has 1 amide bonds. The molecule has 31 heavy (non-hydrogen) atoms. The molecule has 0 bridgehead atoms. The summed E-state index contributed by atoms with van der Waals surface area (Å²) >= 11 is 0. The van der Waals surface area contributed by atoms with Crippen molar-refractivity contribution in [1.82, 2.24) is 10.1 Å². The number of nitrogens with zero attached hydrogens (tertiary/aromatic N) is 3. The second-order valence-electron chi connectivity index (χ2n) is 8.98. The Kier molecular flexibility index (Phi) is 8.52. The molecule has 3 rings (SSSR count). The van der Waals surface area contributed by atoms with Crippen LogP contribution >= 0.6 is 0 Å². The van der Waals surface area contributed by atoms with E-state index in [1.807, 2.05) is 23.1 Å². The third kappa shape index (κ3) is 6.10. The first-order valence-corrected chi connectivity index (χ1v) is 11.6. The highest BCUT2D eigenvalue weighted by atomic mass is 16.5. The molecular formula is C25H37N3O3. The van der Waals surface area contributed by atoms with Gasteiger partial charge in [0, 0.05) is 44.8 Å². The molecule has 1 aromatic heterocycles. The Morgan fingerprint density at radius 2 is 2.06 bits per heavy atom. The number of amides is 1. The number of carbonyl (C=O) groups excluding carboxylic acids is 1. The first-order valence-electron chi connectivity index (χ1n) is 11.6. The maximum absolute atomic E-state index is 13.1. The highest BCUT2D eigenvalue weighted by molar-refractivity contribution is 5.77. The van der Waals surface area contributed by atoms with Crippen molar-refractivity contribution >= 4 is 11.8 Å². The van der Waals surface area contributed by atoms with Crippen molar-refractivity contribution in [2.24, 2.45) is 5.92 Å². The zero-order valence-electron chi connectivity index (χ0n) is 19.5. The third-order valence-electron chi connectivity index (χ3n) is 5.94. The van der Waals surface area contributed by atoms with Gasteiger partial charge in [-0.1, -0.05) is 49.3 Å². The molecule has 2 heterocycles. The molecule has 0 radical (unpaired) electrons. The van der Waals surface area contributed by atoms with E-state index in [9.17, 15) is 4.79 Å². The van der Waals surface area contributed by atoms with Crippen LogP contribution < -0.4 is 4.90 Å². The van der Waals surface area contributed by atoms with Gasteiger partial charge >= 0.3 is 0 Å². The Morgan fingerprint density at radius 1 is 1.29 bits per heavy atom. The molecule has 170 valence electrons. The van der Waals surface area contributed by atoms with Crippen LogP contribution in [0.3, 0.4) is 0 Å². The lowest BCUT2D eigenvalue weighted by molar-refractivity contribution is -0.132. The highest BCUT2D eigenvalue weighted by Gasteiger charge is 2.29. The fourth-order valence-electron chi connectivity index (χ4n) is 4.25. The molecule has 6 nitrogen and oxygen atoms in total. The largest absolute Gasteiger partial charge is 0.385 e. The summed E-state index contributed by atoms with van der Waals surface area (Å²) in [6, 6.07) is 10.5. The number of rotatable bonds is 10. The van der Waals surface area contributed by atoms with E-state index in [0.29, 0.717) is 38.1 Å². The van der Waals surface area contributed by atoms with Crippen molar-refractivity contribution in [2.75, 3.05) is 31.7 Å². The van der Waals surface area contributed by atoms with Gasteiger partial charge in [-0.25, -0.2) is 0 Å². The third-order valence-corrected chi connectivity index (χ3v) is 5.94. The molecular weight excluding hydrogens is 390 g/mol. The van der Waals surface area contributed by atoms with Crippen molar-refractivity contribution in [3.63, 3.8) is 0 Å². The number of methoxy groups -OCH3 is 1. The molecule has 0 unspecified atom stereocenters. The van der Waals surface area contributed by atoms with Gasteiger partial charge in [-0.2, -0.15) is 0 Å². The summed E-state index contributed by atoms with van der Waals surface area (Å²) in [6.45, 7) is 9.17. The van der Waals surface area contributed by atoms with Crippen molar-refractivity contribution in [3.8, 4) is 11.3 Å². The molecule has 0 aliphatic carbocycles. The maximum Gasteiger partial charge on any atom is 0.233 e. The normalized spacial score (nSPS) is 16.7. The number of hydrogen-bond acceptors (Lipinski definition) is 5. The number of hydrogen-bond donors (Lipinski definition) is 0. The van der Waals surface area contributed by atoms with Crippen LogP contribution in [0.15, 0.2) is 34.9 Å². The minimum Gasteiger partial charge on any atom is -0.385 e. The lowest BCUT2D eigenvalue weighted by atomic mass is 10.0. The monoisotopic (exact) mass is 427 g/mol. The Hall–Kier alpha value is -2.34. The lowest BCUT2D eigenvalue weighted by Gasteiger charge is -2.34. The second-order valence-corrected chi connectivity index (χ2v) is 8.98. The molecule has 1 aliphatic heterocycles. The average molecular weight is 428 g/mol. The predicted octanol–water partition coefficient (Wildman–Crippen LogP) is 5.13. The Morgan fingerprint density at radius 3 is 2.74 bits per heavy atom. The Bertz CT molecular complexity index is 819. The Labute approximate surface area is 186 Å². The van der Waals surface area contributed by atoms with Crippen molar-refractivity contribution < 1.29 is 14.1 Å². The van der Waals surface area contributed by atoms with E-state index in [2.05, 4.69) is 43.0 Å². The first kappa shape index (κ1) is 23.3. The second kappa shape index (κ2) is 11.3. The molecule has 0 N–H and O–H groups in total. The number of anilines is 1. The number of piperidine rings is 1. The van der Waals surface area contributed by atoms with Gasteiger partial charge in [0.05, 0.1) is 12.1 Å². The summed E-state index contributed by atoms with van der Waals surface area (Å²) in [5.41, 5.74) is 2.86. The topological polar surface area (TPSA) is 58.8 Å². The standard InChI is InChI=1S/C25H37N3O3/c1-19(2)17-23(29)27(14-10-16-30-4)18-22-24(21-12-6-5-7-13-21)26-31-25(22)28-15-9-8-11-20(28)3/h5-7,12-13,19-20H,8-11,14-18H2,1-4H3/t20-/m0/s1. The van der Waals surface area contributed by atoms with Crippen LogP contribution in [0.4, 0.5) is 5.88 Å². The highest BCUT2D eigenvalue weighted by Crippen LogP contribution is 2.35. The van der Waals surface area contributed by atoms with Gasteiger partial charge in [-0.3, -0.25) is 4.79 Å². The summed E-state index contributed by atoms with van der Waals surface area (Å²) in [5.74, 6) is 1.30. The van der Waals surface area contributed by atoms with Crippen LogP contribution in [0.5, 0.6) is 0 Å². The summed E-state index contributed by atoms with van der Waals surface area (Å²) in [7, 11) is 1.70. The molecule has 1 aliphatic rings. The predicted molar refractivity (Wildman–Crippen MR) is 124 cm³/mol. The number of benzene rings is 1. The minimum atomic E-state index is 0.170. The van der Waals surface area contributed by atoms with Gasteiger partial charge in [-0.05, 0) is 38.5 Å². The molecule has 2 aromatic rings. The lowest BCUT2D eigenvalue weighted by Crippen LogP contribution is -2.38. The van der Waals surface area contributed by atoms with E-state index in [0.717, 1.165) is 48.5 Å². The average Bonchev–Trinajstić information content (AvgIpc) is 3.17. The van der Waals surface area contributed by atoms with Gasteiger partial charge < -0.3 is 19.1 Å². The molecule has 1 fully saturated rings. The summed E-state index contributed by atoms with van der Waals surface area (Å²) in [4.78, 5) is 17.4. The van der Waals surface area contributed by atoms with Crippen molar-refractivity contribution in [3.05, 3.63) is 35.9 Å². The maximum atomic E-state index is 13.1. The van der Waals surface area contributed by atoms with E-state index in [1.165, 1.54) is 6.42 Å². The quantitative estimate of drug-likeness (QED) is 0.492. The molecule has 1 saturated heterocycles. The SMILES string of the molecule is COCCCN(Cc1c(-c2ccccc2)noc1N1CCCC[C@@H]1C)C(=O)CC(C)C. The van der Waals surface area contributed by atoms with Crippen LogP contribution in [0.25, 0.3) is 11.3 Å². The van der Waals surface area contributed by atoms with E-state index < -0.39 is 0 Å². The fraction of sp³-hybridized carbons (Fsp3) is 0.600. The van der Waals surface area contributed by atoms with Gasteiger partial charge in [0.25, 0.3) is 0 Å². The van der Waals surface area contributed by atoms with Gasteiger partial charge in [0.15, 0.2) is 0 Å². The van der Waals surface area contributed by atoms with Gasteiger partial charge in [-0.15, -0.1) is 0 Å². The minimum absolute atomic E-state index is 0.170. The van der Waals surface area contributed by atoms with E-state index >= 15 is 0 Å². The van der Waals surface area contributed by atoms with Crippen molar-refractivity contribution in [1.29, 1.82) is 0 Å². The first-order chi connectivity index (χ1) is 15.0. The molecule has 0 saturated carbocycles. The molecule has 1 atom stereocenters. The summed E-state index contributed by atoms with van der Waals surface area (Å²) < 4.78 is 11.2. The smallest absolute Gasteiger partial charge is 0.233 e. The molecule has 0 spiro atoms. The van der Waals surface area contributed by atoms with Gasteiger partial charge in [0.1, 0.15) is 5.69 Å². The Balaban J connectivity index is 1.96. The molecule has 6 heteroatoms. The molecule has 1 aromatic carbocycles. The van der Waals surface area contributed by atoms with Crippen LogP contribution in [0, 0.1) is 5.92 Å².